The first-order chi connectivity index (χ1) is 11.8. The Kier molecular flexibility index (Phi) is 5.51. The molecule has 1 aromatic carbocycles. The summed E-state index contributed by atoms with van der Waals surface area (Å²) < 4.78 is 13.9. The summed E-state index contributed by atoms with van der Waals surface area (Å²) >= 11 is 0. The van der Waals surface area contributed by atoms with Crippen LogP contribution >= 0.6 is 0 Å². The van der Waals surface area contributed by atoms with Gasteiger partial charge in [-0.1, -0.05) is 25.7 Å². The van der Waals surface area contributed by atoms with E-state index in [0.29, 0.717) is 6.73 Å². The van der Waals surface area contributed by atoms with Crippen LogP contribution < -0.4 is 4.90 Å². The Morgan fingerprint density at radius 3 is 2.60 bits per heavy atom. The van der Waals surface area contributed by atoms with Crippen LogP contribution in [-0.4, -0.2) is 49.5 Å². The van der Waals surface area contributed by atoms with E-state index in [9.17, 15) is 0 Å². The third kappa shape index (κ3) is 4.62. The highest BCUT2D eigenvalue weighted by Crippen LogP contribution is 2.28. The molecule has 1 aliphatic rings. The van der Waals surface area contributed by atoms with E-state index in [1.165, 1.54) is 11.7 Å². The lowest BCUT2D eigenvalue weighted by atomic mass is 10.2. The second-order valence-electron chi connectivity index (χ2n) is 8.37. The van der Waals surface area contributed by atoms with Crippen molar-refractivity contribution in [2.24, 2.45) is 0 Å². The molecule has 1 aromatic heterocycles. The predicted molar refractivity (Wildman–Crippen MR) is 106 cm³/mol. The van der Waals surface area contributed by atoms with Crippen LogP contribution in [0.1, 0.15) is 13.8 Å². The fourth-order valence-corrected chi connectivity index (χ4v) is 4.10. The van der Waals surface area contributed by atoms with Crippen LogP contribution in [0.4, 0.5) is 5.69 Å². The quantitative estimate of drug-likeness (QED) is 0.577. The normalized spacial score (nSPS) is 21.9. The summed E-state index contributed by atoms with van der Waals surface area (Å²) in [6, 6.07) is 7.59. The molecule has 25 heavy (non-hydrogen) atoms. The summed E-state index contributed by atoms with van der Waals surface area (Å²) in [5.41, 5.74) is 3.38. The van der Waals surface area contributed by atoms with Gasteiger partial charge in [-0.05, 0) is 32.0 Å². The van der Waals surface area contributed by atoms with Gasteiger partial charge in [0, 0.05) is 27.8 Å². The van der Waals surface area contributed by atoms with E-state index in [1.54, 1.807) is 0 Å². The zero-order valence-corrected chi connectivity index (χ0v) is 17.2. The van der Waals surface area contributed by atoms with Crippen molar-refractivity contribution in [1.29, 1.82) is 0 Å². The minimum absolute atomic E-state index is 0.242. The second kappa shape index (κ2) is 7.48. The number of hydrogen-bond acceptors (Lipinski definition) is 4. The van der Waals surface area contributed by atoms with E-state index in [0.717, 1.165) is 30.7 Å². The summed E-state index contributed by atoms with van der Waals surface area (Å²) in [6.07, 6.45) is 2.38. The summed E-state index contributed by atoms with van der Waals surface area (Å²) in [4.78, 5) is 7.07. The number of morpholine rings is 1. The SMILES string of the molecule is C[C@@H]1CN(c2cccc3c2ncn3COCC[Si](C)(C)C)C[C@H](C)O1. The third-order valence-electron chi connectivity index (χ3n) is 4.62. The van der Waals surface area contributed by atoms with Crippen molar-refractivity contribution in [3.05, 3.63) is 24.5 Å². The van der Waals surface area contributed by atoms with Crippen molar-refractivity contribution in [3.63, 3.8) is 0 Å². The van der Waals surface area contributed by atoms with Crippen molar-refractivity contribution in [3.8, 4) is 0 Å². The molecule has 0 aliphatic carbocycles. The van der Waals surface area contributed by atoms with E-state index < -0.39 is 8.07 Å². The molecule has 3 rings (SSSR count). The maximum Gasteiger partial charge on any atom is 0.124 e. The molecule has 0 radical (unpaired) electrons. The van der Waals surface area contributed by atoms with Crippen molar-refractivity contribution in [2.75, 3.05) is 24.6 Å². The van der Waals surface area contributed by atoms with Crippen LogP contribution in [0.5, 0.6) is 0 Å². The molecule has 2 aromatic rings. The predicted octanol–water partition coefficient (Wildman–Crippen LogP) is 3.96. The van der Waals surface area contributed by atoms with Gasteiger partial charge in [0.05, 0.1) is 29.7 Å². The molecule has 1 fully saturated rings. The average molecular weight is 362 g/mol. The van der Waals surface area contributed by atoms with Gasteiger partial charge in [-0.3, -0.25) is 0 Å². The monoisotopic (exact) mass is 361 g/mol. The molecular formula is C19H31N3O2Si. The Labute approximate surface area is 151 Å². The van der Waals surface area contributed by atoms with Crippen LogP contribution in [0.15, 0.2) is 24.5 Å². The number of rotatable bonds is 6. The number of aromatic nitrogens is 2. The number of para-hydroxylation sites is 1. The molecule has 6 heteroatoms. The molecule has 0 unspecified atom stereocenters. The Hall–Kier alpha value is -1.37. The second-order valence-corrected chi connectivity index (χ2v) is 14.0. The highest BCUT2D eigenvalue weighted by Gasteiger charge is 2.24. The molecule has 0 N–H and O–H groups in total. The van der Waals surface area contributed by atoms with Crippen molar-refractivity contribution in [1.82, 2.24) is 9.55 Å². The average Bonchev–Trinajstić information content (AvgIpc) is 2.93. The standard InChI is InChI=1S/C19H31N3O2Si/c1-15-11-21(12-16(2)24-15)17-7-6-8-18-19(17)20-13-22(18)14-23-9-10-25(3,4)5/h6-8,13,15-16H,9-12,14H2,1-5H3/t15-,16+. The van der Waals surface area contributed by atoms with Crippen molar-refractivity contribution < 1.29 is 9.47 Å². The number of benzene rings is 1. The van der Waals surface area contributed by atoms with Crippen LogP contribution in [0.3, 0.4) is 0 Å². The third-order valence-corrected chi connectivity index (χ3v) is 6.32. The first-order valence-electron chi connectivity index (χ1n) is 9.25. The van der Waals surface area contributed by atoms with E-state index in [-0.39, 0.29) is 12.2 Å². The number of fused-ring (bicyclic) bond motifs is 1. The maximum absolute atomic E-state index is 5.91. The van der Waals surface area contributed by atoms with Crippen molar-refractivity contribution in [2.45, 2.75) is 58.5 Å². The van der Waals surface area contributed by atoms with Gasteiger partial charge in [0.1, 0.15) is 12.2 Å². The molecule has 1 aliphatic heterocycles. The largest absolute Gasteiger partial charge is 0.372 e. The van der Waals surface area contributed by atoms with Gasteiger partial charge >= 0.3 is 0 Å². The Balaban J connectivity index is 1.74. The van der Waals surface area contributed by atoms with Gasteiger partial charge < -0.3 is 18.9 Å². The first-order valence-corrected chi connectivity index (χ1v) is 13.0. The van der Waals surface area contributed by atoms with Gasteiger partial charge in [0.2, 0.25) is 0 Å². The number of nitrogens with zero attached hydrogens (tertiary/aromatic N) is 3. The van der Waals surface area contributed by atoms with E-state index in [4.69, 9.17) is 9.47 Å². The molecule has 2 heterocycles. The highest BCUT2D eigenvalue weighted by atomic mass is 28.3. The van der Waals surface area contributed by atoms with Crippen molar-refractivity contribution >= 4 is 24.8 Å². The van der Waals surface area contributed by atoms with Crippen LogP contribution in [0, 0.1) is 0 Å². The van der Waals surface area contributed by atoms with Gasteiger partial charge in [-0.15, -0.1) is 0 Å². The smallest absolute Gasteiger partial charge is 0.124 e. The van der Waals surface area contributed by atoms with E-state index in [1.807, 2.05) is 6.33 Å². The minimum atomic E-state index is -1.05. The Morgan fingerprint density at radius 1 is 1.20 bits per heavy atom. The number of imidazole rings is 1. The molecule has 1 saturated heterocycles. The zero-order valence-electron chi connectivity index (χ0n) is 16.2. The summed E-state index contributed by atoms with van der Waals surface area (Å²) in [5, 5.41) is 0. The lowest BCUT2D eigenvalue weighted by Crippen LogP contribution is -2.45. The van der Waals surface area contributed by atoms with Gasteiger partial charge in [0.25, 0.3) is 0 Å². The van der Waals surface area contributed by atoms with E-state index in [2.05, 4.69) is 66.1 Å². The van der Waals surface area contributed by atoms with E-state index >= 15 is 0 Å². The summed E-state index contributed by atoms with van der Waals surface area (Å²) in [7, 11) is -1.05. The molecule has 0 spiro atoms. The molecular weight excluding hydrogens is 330 g/mol. The maximum atomic E-state index is 5.91. The number of hydrogen-bond donors (Lipinski definition) is 0. The first kappa shape index (κ1) is 18.4. The van der Waals surface area contributed by atoms with Crippen LogP contribution in [0.2, 0.25) is 25.7 Å². The topological polar surface area (TPSA) is 39.5 Å². The molecule has 0 saturated carbocycles. The molecule has 2 atom stereocenters. The number of anilines is 1. The molecule has 0 amide bonds. The Bertz CT molecular complexity index is 700. The van der Waals surface area contributed by atoms with Crippen LogP contribution in [0.25, 0.3) is 11.0 Å². The van der Waals surface area contributed by atoms with Gasteiger partial charge in [-0.2, -0.15) is 0 Å². The summed E-state index contributed by atoms with van der Waals surface area (Å²) in [6.45, 7) is 14.6. The number of ether oxygens (including phenoxy) is 2. The minimum Gasteiger partial charge on any atom is -0.372 e. The summed E-state index contributed by atoms with van der Waals surface area (Å²) in [5.74, 6) is 0. The lowest BCUT2D eigenvalue weighted by molar-refractivity contribution is -0.00514. The highest BCUT2D eigenvalue weighted by molar-refractivity contribution is 6.76. The Morgan fingerprint density at radius 2 is 1.92 bits per heavy atom. The zero-order chi connectivity index (χ0) is 18.0. The molecule has 0 bridgehead atoms. The molecule has 138 valence electrons. The lowest BCUT2D eigenvalue weighted by Gasteiger charge is -2.36. The fourth-order valence-electron chi connectivity index (χ4n) is 3.35. The van der Waals surface area contributed by atoms with Gasteiger partial charge in [0.15, 0.2) is 0 Å². The van der Waals surface area contributed by atoms with Gasteiger partial charge in [-0.25, -0.2) is 4.98 Å². The molecule has 5 nitrogen and oxygen atoms in total. The van der Waals surface area contributed by atoms with Crippen LogP contribution in [-0.2, 0) is 16.2 Å². The fraction of sp³-hybridized carbons (Fsp3) is 0.632.